The zero-order chi connectivity index (χ0) is 39.8. The van der Waals surface area contributed by atoms with Crippen LogP contribution in [-0.4, -0.2) is 15.0 Å². The molecule has 0 fully saturated rings. The number of hydrogen-bond acceptors (Lipinski definition) is 5. The molecular weight excluding hydrogens is 733 g/mol. The molecule has 0 unspecified atom stereocenters. The third kappa shape index (κ3) is 6.45. The Morgan fingerprint density at radius 1 is 0.300 bits per heavy atom. The molecule has 11 rings (SSSR count). The zero-order valence-corrected chi connectivity index (χ0v) is 32.5. The van der Waals surface area contributed by atoms with E-state index in [1.165, 1.54) is 0 Å². The highest BCUT2D eigenvalue weighted by molar-refractivity contribution is 6.09. The number of para-hydroxylation sites is 2. The second kappa shape index (κ2) is 15.0. The van der Waals surface area contributed by atoms with Gasteiger partial charge in [0.25, 0.3) is 0 Å². The molecule has 5 heteroatoms. The molecule has 1 aliphatic heterocycles. The maximum Gasteiger partial charge on any atom is 0.164 e. The van der Waals surface area contributed by atoms with Gasteiger partial charge < -0.3 is 9.64 Å². The van der Waals surface area contributed by atoms with Crippen molar-refractivity contribution in [2.75, 3.05) is 4.90 Å². The predicted molar refractivity (Wildman–Crippen MR) is 245 cm³/mol. The van der Waals surface area contributed by atoms with Gasteiger partial charge in [0.05, 0.1) is 0 Å². The Morgan fingerprint density at radius 3 is 1.50 bits per heavy atom. The van der Waals surface area contributed by atoms with Crippen molar-refractivity contribution < 1.29 is 4.74 Å². The summed E-state index contributed by atoms with van der Waals surface area (Å²) in [6.07, 6.45) is 0. The molecule has 0 radical (unpaired) electrons. The van der Waals surface area contributed by atoms with Gasteiger partial charge in [-0.25, -0.2) is 15.0 Å². The summed E-state index contributed by atoms with van der Waals surface area (Å²) in [5.41, 5.74) is 12.7. The summed E-state index contributed by atoms with van der Waals surface area (Å²) in [5.74, 6) is 3.48. The average Bonchev–Trinajstić information content (AvgIpc) is 3.33. The van der Waals surface area contributed by atoms with Crippen LogP contribution in [0.2, 0.25) is 0 Å². The minimum Gasteiger partial charge on any atom is -0.456 e. The Bertz CT molecular complexity index is 3110. The summed E-state index contributed by atoms with van der Waals surface area (Å²) in [6, 6.07) is 75.7. The summed E-state index contributed by atoms with van der Waals surface area (Å²) in [5, 5.41) is 2.05. The summed E-state index contributed by atoms with van der Waals surface area (Å²) < 4.78 is 6.66. The van der Waals surface area contributed by atoms with Gasteiger partial charge in [0, 0.05) is 44.7 Å². The van der Waals surface area contributed by atoms with Gasteiger partial charge in [-0.05, 0) is 99.9 Å². The van der Waals surface area contributed by atoms with E-state index < -0.39 is 0 Å². The number of hydrogen-bond donors (Lipinski definition) is 0. The minimum absolute atomic E-state index is 0.604. The van der Waals surface area contributed by atoms with E-state index in [1.807, 2.05) is 54.6 Å². The minimum atomic E-state index is 0.604. The Hall–Kier alpha value is -8.15. The fourth-order valence-electron chi connectivity index (χ4n) is 8.22. The molecule has 0 atom stereocenters. The van der Waals surface area contributed by atoms with Crippen LogP contribution in [0.1, 0.15) is 0 Å². The Labute approximate surface area is 348 Å². The highest BCUT2D eigenvalue weighted by Crippen LogP contribution is 2.49. The SMILES string of the molecule is c1ccc(-c2cccc(-c3nc(-c4ccccc4)nc(-c4ccc5c6c(cccc46)-c4cc(-c6ccc(N(c7ccccc7)c7ccccc7)cc6)ccc4O5)n3)c2)cc1. The smallest absolute Gasteiger partial charge is 0.164 e. The molecule has 1 aromatic heterocycles. The van der Waals surface area contributed by atoms with Crippen LogP contribution in [0.5, 0.6) is 11.5 Å². The van der Waals surface area contributed by atoms with Gasteiger partial charge in [-0.3, -0.25) is 0 Å². The van der Waals surface area contributed by atoms with E-state index in [0.717, 1.165) is 89.4 Å². The van der Waals surface area contributed by atoms with Gasteiger partial charge in [0.2, 0.25) is 0 Å². The number of aromatic nitrogens is 3. The molecule has 60 heavy (non-hydrogen) atoms. The number of rotatable bonds is 8. The normalized spacial score (nSPS) is 11.5. The van der Waals surface area contributed by atoms with Crippen LogP contribution in [0.4, 0.5) is 17.1 Å². The van der Waals surface area contributed by atoms with Gasteiger partial charge in [-0.15, -0.1) is 0 Å². The molecule has 1 aliphatic rings. The van der Waals surface area contributed by atoms with Crippen LogP contribution in [0.3, 0.4) is 0 Å². The molecule has 9 aromatic carbocycles. The highest BCUT2D eigenvalue weighted by Gasteiger charge is 2.24. The molecule has 0 spiro atoms. The van der Waals surface area contributed by atoms with E-state index in [4.69, 9.17) is 19.7 Å². The largest absolute Gasteiger partial charge is 0.456 e. The number of fused-ring (bicyclic) bond motifs is 2. The van der Waals surface area contributed by atoms with E-state index in [0.29, 0.717) is 17.5 Å². The third-order valence-electron chi connectivity index (χ3n) is 11.1. The predicted octanol–water partition coefficient (Wildman–Crippen LogP) is 14.6. The van der Waals surface area contributed by atoms with Crippen LogP contribution in [0, 0.1) is 0 Å². The van der Waals surface area contributed by atoms with Crippen molar-refractivity contribution in [3.05, 3.63) is 218 Å². The fraction of sp³-hybridized carbons (Fsp3) is 0. The van der Waals surface area contributed by atoms with Gasteiger partial charge in [0.1, 0.15) is 11.5 Å². The van der Waals surface area contributed by atoms with Crippen LogP contribution >= 0.6 is 0 Å². The van der Waals surface area contributed by atoms with Crippen molar-refractivity contribution in [2.24, 2.45) is 0 Å². The van der Waals surface area contributed by atoms with E-state index in [2.05, 4.69) is 169 Å². The number of ether oxygens (including phenoxy) is 1. The summed E-state index contributed by atoms with van der Waals surface area (Å²) in [6.45, 7) is 0. The van der Waals surface area contributed by atoms with E-state index in [1.54, 1.807) is 0 Å². The lowest BCUT2D eigenvalue weighted by Crippen LogP contribution is -2.09. The molecule has 0 N–H and O–H groups in total. The number of anilines is 3. The zero-order valence-electron chi connectivity index (χ0n) is 32.5. The first-order chi connectivity index (χ1) is 29.7. The summed E-state index contributed by atoms with van der Waals surface area (Å²) >= 11 is 0. The molecule has 0 aliphatic carbocycles. The molecule has 5 nitrogen and oxygen atoms in total. The molecule has 2 heterocycles. The van der Waals surface area contributed by atoms with Crippen LogP contribution in [0.25, 0.3) is 78.3 Å². The summed E-state index contributed by atoms with van der Waals surface area (Å²) in [4.78, 5) is 17.6. The Balaban J connectivity index is 0.994. The second-order valence-electron chi connectivity index (χ2n) is 14.8. The number of benzene rings is 9. The Kier molecular flexibility index (Phi) is 8.75. The van der Waals surface area contributed by atoms with Crippen molar-refractivity contribution in [1.29, 1.82) is 0 Å². The first-order valence-electron chi connectivity index (χ1n) is 20.1. The molecular formula is C55H36N4O. The van der Waals surface area contributed by atoms with Gasteiger partial charge in [-0.1, -0.05) is 152 Å². The Morgan fingerprint density at radius 2 is 0.800 bits per heavy atom. The summed E-state index contributed by atoms with van der Waals surface area (Å²) in [7, 11) is 0. The standard InChI is InChI=1S/C55H36N4O/c1-5-15-37(16-6-1)40-19-13-20-42(35-40)54-56-53(39-17-7-2-8-18-39)57-55(58-54)48-32-34-51-52-46(48)25-14-26-47(52)49-36-41(29-33-50(49)60-51)38-27-30-45(31-28-38)59(43-21-9-3-10-22-43)44-23-11-4-12-24-44/h1-36H. The van der Waals surface area contributed by atoms with Crippen molar-refractivity contribution in [3.63, 3.8) is 0 Å². The second-order valence-corrected chi connectivity index (χ2v) is 14.8. The third-order valence-corrected chi connectivity index (χ3v) is 11.1. The fourth-order valence-corrected chi connectivity index (χ4v) is 8.22. The average molecular weight is 769 g/mol. The molecule has 0 amide bonds. The lowest BCUT2D eigenvalue weighted by molar-refractivity contribution is 0.487. The van der Waals surface area contributed by atoms with Gasteiger partial charge in [-0.2, -0.15) is 0 Å². The first-order valence-corrected chi connectivity index (χ1v) is 20.1. The molecule has 0 saturated carbocycles. The molecule has 0 saturated heterocycles. The maximum atomic E-state index is 6.66. The van der Waals surface area contributed by atoms with Crippen molar-refractivity contribution in [3.8, 4) is 79.0 Å². The first kappa shape index (κ1) is 35.0. The lowest BCUT2D eigenvalue weighted by atomic mass is 9.90. The molecule has 10 aromatic rings. The van der Waals surface area contributed by atoms with Crippen LogP contribution < -0.4 is 9.64 Å². The van der Waals surface area contributed by atoms with Crippen molar-refractivity contribution in [1.82, 2.24) is 15.0 Å². The lowest BCUT2D eigenvalue weighted by Gasteiger charge is -2.25. The highest BCUT2D eigenvalue weighted by atomic mass is 16.5. The van der Waals surface area contributed by atoms with Gasteiger partial charge >= 0.3 is 0 Å². The number of nitrogens with zero attached hydrogens (tertiary/aromatic N) is 4. The van der Waals surface area contributed by atoms with Crippen molar-refractivity contribution >= 4 is 27.8 Å². The quantitative estimate of drug-likeness (QED) is 0.154. The van der Waals surface area contributed by atoms with Crippen LogP contribution in [0.15, 0.2) is 218 Å². The molecule has 0 bridgehead atoms. The van der Waals surface area contributed by atoms with Crippen molar-refractivity contribution in [2.45, 2.75) is 0 Å². The maximum absolute atomic E-state index is 6.66. The van der Waals surface area contributed by atoms with Crippen LogP contribution in [-0.2, 0) is 0 Å². The molecule has 282 valence electrons. The monoisotopic (exact) mass is 768 g/mol. The topological polar surface area (TPSA) is 51.1 Å². The van der Waals surface area contributed by atoms with E-state index in [9.17, 15) is 0 Å². The van der Waals surface area contributed by atoms with E-state index >= 15 is 0 Å². The van der Waals surface area contributed by atoms with Gasteiger partial charge in [0.15, 0.2) is 17.5 Å². The van der Waals surface area contributed by atoms with E-state index in [-0.39, 0.29) is 0 Å².